The lowest BCUT2D eigenvalue weighted by Gasteiger charge is -2.71. The van der Waals surface area contributed by atoms with E-state index in [1.54, 1.807) is 0 Å². The van der Waals surface area contributed by atoms with Gasteiger partial charge >= 0.3 is 17.9 Å². The maximum atomic E-state index is 14.3. The van der Waals surface area contributed by atoms with E-state index in [-0.39, 0.29) is 70.2 Å². The second kappa shape index (κ2) is 13.6. The van der Waals surface area contributed by atoms with E-state index >= 15 is 0 Å². The fourth-order valence-electron chi connectivity index (χ4n) is 12.2. The molecule has 5 aliphatic rings. The van der Waals surface area contributed by atoms with Gasteiger partial charge in [-0.15, -0.1) is 0 Å². The highest BCUT2D eigenvalue weighted by molar-refractivity contribution is 5.84. The zero-order chi connectivity index (χ0) is 36.9. The molecule has 0 aromatic heterocycles. The van der Waals surface area contributed by atoms with Crippen molar-refractivity contribution in [3.63, 3.8) is 0 Å². The summed E-state index contributed by atoms with van der Waals surface area (Å²) in [4.78, 5) is 60.8. The third kappa shape index (κ3) is 6.62. The average Bonchev–Trinajstić information content (AvgIpc) is 3.02. The number of carboxylic acid groups (broad SMARTS) is 2. The number of amides is 2. The zero-order valence-electron chi connectivity index (χ0n) is 31.5. The number of hydrogen-bond donors (Lipinski definition) is 4. The van der Waals surface area contributed by atoms with Gasteiger partial charge in [0.05, 0.1) is 18.3 Å². The molecule has 5 aliphatic carbocycles. The number of carbonyl (C=O) groups is 5. The van der Waals surface area contributed by atoms with Crippen molar-refractivity contribution in [2.45, 2.75) is 144 Å². The van der Waals surface area contributed by atoms with E-state index < -0.39 is 29.9 Å². The molecule has 10 nitrogen and oxygen atoms in total. The Morgan fingerprint density at radius 1 is 0.800 bits per heavy atom. The maximum Gasteiger partial charge on any atom is 0.322 e. The van der Waals surface area contributed by atoms with Crippen LogP contribution in [-0.4, -0.2) is 59.1 Å². The minimum absolute atomic E-state index is 0.0434. The number of fused-ring (bicyclic) bond motifs is 7. The maximum absolute atomic E-state index is 14.3. The van der Waals surface area contributed by atoms with Crippen molar-refractivity contribution in [2.24, 2.45) is 50.2 Å². The first-order valence-electron chi connectivity index (χ1n) is 19.1. The minimum Gasteiger partial charge on any atom is -0.481 e. The first-order valence-corrected chi connectivity index (χ1v) is 19.1. The Morgan fingerprint density at radius 3 is 2.18 bits per heavy atom. The number of esters is 1. The number of rotatable bonds is 11. The quantitative estimate of drug-likeness (QED) is 0.106. The number of hydrogen-bond acceptors (Lipinski definition) is 6. The third-order valence-electron chi connectivity index (χ3n) is 15.1. The van der Waals surface area contributed by atoms with Crippen molar-refractivity contribution < 1.29 is 38.9 Å². The van der Waals surface area contributed by atoms with Gasteiger partial charge in [0.2, 0.25) is 11.8 Å². The van der Waals surface area contributed by atoms with E-state index in [1.807, 2.05) is 0 Å². The van der Waals surface area contributed by atoms with Gasteiger partial charge in [-0.1, -0.05) is 60.1 Å². The highest BCUT2D eigenvalue weighted by Crippen LogP contribution is 2.75. The molecule has 50 heavy (non-hydrogen) atoms. The summed E-state index contributed by atoms with van der Waals surface area (Å²) in [5.41, 5.74) is 0.973. The van der Waals surface area contributed by atoms with E-state index in [0.717, 1.165) is 64.2 Å². The van der Waals surface area contributed by atoms with Gasteiger partial charge in [0, 0.05) is 18.4 Å². The molecule has 8 atom stereocenters. The summed E-state index contributed by atoms with van der Waals surface area (Å²) in [6, 6.07) is 0. The van der Waals surface area contributed by atoms with Gasteiger partial charge < -0.3 is 25.6 Å². The van der Waals surface area contributed by atoms with Crippen LogP contribution in [0, 0.1) is 50.2 Å². The molecule has 4 saturated carbocycles. The Hall–Kier alpha value is -2.91. The number of carbonyl (C=O) groups excluding carboxylic acids is 3. The van der Waals surface area contributed by atoms with E-state index in [0.29, 0.717) is 24.8 Å². The van der Waals surface area contributed by atoms with Gasteiger partial charge in [-0.25, -0.2) is 0 Å². The number of carboxylic acids is 2. The van der Waals surface area contributed by atoms with Crippen LogP contribution in [0.1, 0.15) is 138 Å². The SMILES string of the molecule is CC1(C)CC[C@]2(C(=O)NCCCC(=O)NCC(=O)O)CC[C@]3(C)C(=CC[C@@H]4[C@@]5(C)CC[C@H](OC(=O)CCC(=O)O)C(C)(C)[C@@H]5CC[C@]43C)[C@@H]2C1. The molecule has 280 valence electrons. The summed E-state index contributed by atoms with van der Waals surface area (Å²) in [5, 5.41) is 23.5. The van der Waals surface area contributed by atoms with Crippen LogP contribution in [0.5, 0.6) is 0 Å². The van der Waals surface area contributed by atoms with Gasteiger partial charge in [0.25, 0.3) is 0 Å². The monoisotopic (exact) mass is 698 g/mol. The molecule has 0 aliphatic heterocycles. The molecule has 0 aromatic rings. The standard InChI is InChI=1S/C40H62N2O8/c1-35(2)18-20-40(34(49)41-22-8-9-30(43)42-24-32(46)47)21-19-38(6)25(26(40)23-35)10-11-28-37(5)16-15-29(50-33(48)13-12-31(44)45)36(3,4)27(37)14-17-39(28,38)7/h10,26-29H,8-9,11-24H2,1-7H3,(H,41,49)(H,42,43)(H,44,45)(H,46,47)/t26-,27-,28+,29-,37-,38+,39+,40-/m0/s1. The largest absolute Gasteiger partial charge is 0.481 e. The highest BCUT2D eigenvalue weighted by Gasteiger charge is 2.69. The van der Waals surface area contributed by atoms with Crippen LogP contribution < -0.4 is 10.6 Å². The van der Waals surface area contributed by atoms with Gasteiger partial charge in [-0.3, -0.25) is 24.0 Å². The first-order chi connectivity index (χ1) is 23.2. The number of ether oxygens (including phenoxy) is 1. The van der Waals surface area contributed by atoms with E-state index in [9.17, 15) is 24.0 Å². The van der Waals surface area contributed by atoms with Crippen molar-refractivity contribution in [2.75, 3.05) is 13.1 Å². The number of nitrogens with one attached hydrogen (secondary N) is 2. The van der Waals surface area contributed by atoms with Crippen LogP contribution >= 0.6 is 0 Å². The molecule has 0 spiro atoms. The normalized spacial score (nSPS) is 38.1. The van der Waals surface area contributed by atoms with Crippen LogP contribution in [0.25, 0.3) is 0 Å². The van der Waals surface area contributed by atoms with Crippen molar-refractivity contribution in [3.8, 4) is 0 Å². The van der Waals surface area contributed by atoms with Crippen LogP contribution in [-0.2, 0) is 28.7 Å². The molecular formula is C40H62N2O8. The van der Waals surface area contributed by atoms with Crippen LogP contribution in [0.3, 0.4) is 0 Å². The summed E-state index contributed by atoms with van der Waals surface area (Å²) in [5.74, 6) is -1.72. The summed E-state index contributed by atoms with van der Waals surface area (Å²) in [6.45, 7) is 16.7. The van der Waals surface area contributed by atoms with Crippen molar-refractivity contribution in [1.29, 1.82) is 0 Å². The Balaban J connectivity index is 1.36. The van der Waals surface area contributed by atoms with Crippen molar-refractivity contribution >= 4 is 29.7 Å². The second-order valence-corrected chi connectivity index (χ2v) is 18.6. The molecule has 0 unspecified atom stereocenters. The van der Waals surface area contributed by atoms with Gasteiger partial charge in [0.1, 0.15) is 12.6 Å². The Labute approximate surface area is 298 Å². The molecule has 2 amide bonds. The molecule has 5 rings (SSSR count). The Morgan fingerprint density at radius 2 is 1.50 bits per heavy atom. The summed E-state index contributed by atoms with van der Waals surface area (Å²) >= 11 is 0. The second-order valence-electron chi connectivity index (χ2n) is 18.6. The van der Waals surface area contributed by atoms with Crippen LogP contribution in [0.4, 0.5) is 0 Å². The van der Waals surface area contributed by atoms with Crippen molar-refractivity contribution in [3.05, 3.63) is 11.6 Å². The van der Waals surface area contributed by atoms with Gasteiger partial charge in [0.15, 0.2) is 0 Å². The van der Waals surface area contributed by atoms with Gasteiger partial charge in [-0.05, 0) is 110 Å². The topological polar surface area (TPSA) is 159 Å². The lowest BCUT2D eigenvalue weighted by molar-refractivity contribution is -0.213. The predicted molar refractivity (Wildman–Crippen MR) is 189 cm³/mol. The summed E-state index contributed by atoms with van der Waals surface area (Å²) in [7, 11) is 0. The Kier molecular flexibility index (Phi) is 10.4. The molecule has 10 heteroatoms. The van der Waals surface area contributed by atoms with E-state index in [2.05, 4.69) is 65.2 Å². The van der Waals surface area contributed by atoms with Crippen molar-refractivity contribution in [1.82, 2.24) is 10.6 Å². The first kappa shape index (κ1) is 38.3. The number of allylic oxidation sites excluding steroid dienone is 2. The smallest absolute Gasteiger partial charge is 0.322 e. The fourth-order valence-corrected chi connectivity index (χ4v) is 12.2. The predicted octanol–water partition coefficient (Wildman–Crippen LogP) is 6.66. The third-order valence-corrected chi connectivity index (χ3v) is 15.1. The van der Waals surface area contributed by atoms with E-state index in [4.69, 9.17) is 14.9 Å². The molecular weight excluding hydrogens is 636 g/mol. The lowest BCUT2D eigenvalue weighted by Crippen LogP contribution is -2.65. The number of aliphatic carboxylic acids is 2. The fraction of sp³-hybridized carbons (Fsp3) is 0.825. The average molecular weight is 699 g/mol. The lowest BCUT2D eigenvalue weighted by atomic mass is 9.33. The molecule has 0 saturated heterocycles. The molecule has 0 aromatic carbocycles. The zero-order valence-corrected chi connectivity index (χ0v) is 31.5. The summed E-state index contributed by atoms with van der Waals surface area (Å²) < 4.78 is 6.00. The minimum atomic E-state index is -1.08. The van der Waals surface area contributed by atoms with Crippen LogP contribution in [0.2, 0.25) is 0 Å². The molecule has 0 radical (unpaired) electrons. The molecule has 4 fully saturated rings. The molecule has 0 heterocycles. The summed E-state index contributed by atoms with van der Waals surface area (Å²) in [6.07, 6.45) is 12.1. The molecule has 4 N–H and O–H groups in total. The van der Waals surface area contributed by atoms with E-state index in [1.165, 1.54) is 5.57 Å². The van der Waals surface area contributed by atoms with Crippen LogP contribution in [0.15, 0.2) is 11.6 Å². The van der Waals surface area contributed by atoms with Gasteiger partial charge in [-0.2, -0.15) is 0 Å². The highest BCUT2D eigenvalue weighted by atomic mass is 16.5. The Bertz CT molecular complexity index is 1420. The molecule has 0 bridgehead atoms.